The summed E-state index contributed by atoms with van der Waals surface area (Å²) >= 11 is 0. The molecular weight excluding hydrogens is 226 g/mol. The van der Waals surface area contributed by atoms with E-state index in [-0.39, 0.29) is 0 Å². The van der Waals surface area contributed by atoms with Crippen molar-refractivity contribution in [1.82, 2.24) is 5.43 Å². The van der Waals surface area contributed by atoms with E-state index in [2.05, 4.69) is 38.2 Å². The summed E-state index contributed by atoms with van der Waals surface area (Å²) < 4.78 is 0. The standard InChI is InChI=1S/C14H25N3O/c1-5-11(16-17-12(15)18)9-8-14(4)7-6-10(9)13(14,2)3/h9-10H,5-8H2,1-4H3,(H3,15,17,18). The van der Waals surface area contributed by atoms with Gasteiger partial charge in [-0.2, -0.15) is 5.10 Å². The van der Waals surface area contributed by atoms with E-state index >= 15 is 0 Å². The first-order chi connectivity index (χ1) is 8.32. The highest BCUT2D eigenvalue weighted by molar-refractivity contribution is 5.88. The first-order valence-corrected chi connectivity index (χ1v) is 6.93. The molecule has 0 radical (unpaired) electrons. The monoisotopic (exact) mass is 251 g/mol. The van der Waals surface area contributed by atoms with E-state index in [1.807, 2.05) is 0 Å². The molecule has 0 spiro atoms. The Balaban J connectivity index is 2.21. The van der Waals surface area contributed by atoms with E-state index < -0.39 is 6.03 Å². The molecule has 0 saturated heterocycles. The molecule has 0 aromatic heterocycles. The van der Waals surface area contributed by atoms with Gasteiger partial charge >= 0.3 is 6.03 Å². The number of hydrogen-bond donors (Lipinski definition) is 2. The average Bonchev–Trinajstić information content (AvgIpc) is 2.61. The minimum atomic E-state index is -0.574. The van der Waals surface area contributed by atoms with Crippen LogP contribution < -0.4 is 11.2 Å². The van der Waals surface area contributed by atoms with Crippen LogP contribution >= 0.6 is 0 Å². The van der Waals surface area contributed by atoms with Gasteiger partial charge in [0.05, 0.1) is 0 Å². The van der Waals surface area contributed by atoms with Crippen LogP contribution in [0.15, 0.2) is 5.10 Å². The van der Waals surface area contributed by atoms with Gasteiger partial charge in [0, 0.05) is 11.6 Å². The fourth-order valence-corrected chi connectivity index (χ4v) is 4.20. The van der Waals surface area contributed by atoms with Gasteiger partial charge in [0.15, 0.2) is 0 Å². The minimum Gasteiger partial charge on any atom is -0.350 e. The average molecular weight is 251 g/mol. The molecule has 4 nitrogen and oxygen atoms in total. The molecule has 2 bridgehead atoms. The predicted molar refractivity (Wildman–Crippen MR) is 73.2 cm³/mol. The van der Waals surface area contributed by atoms with E-state index in [0.717, 1.165) is 12.1 Å². The van der Waals surface area contributed by atoms with Gasteiger partial charge in [-0.25, -0.2) is 10.2 Å². The van der Waals surface area contributed by atoms with E-state index in [1.54, 1.807) is 0 Å². The van der Waals surface area contributed by atoms with Gasteiger partial charge in [0.1, 0.15) is 0 Å². The van der Waals surface area contributed by atoms with Crippen molar-refractivity contribution in [2.45, 2.75) is 53.4 Å². The lowest BCUT2D eigenvalue weighted by molar-refractivity contribution is 0.152. The van der Waals surface area contributed by atoms with E-state index in [4.69, 9.17) is 5.73 Å². The lowest BCUT2D eigenvalue weighted by atomic mass is 9.71. The topological polar surface area (TPSA) is 67.5 Å². The molecule has 3 atom stereocenters. The number of rotatable bonds is 3. The number of carbonyl (C=O) groups is 1. The smallest absolute Gasteiger partial charge is 0.332 e. The van der Waals surface area contributed by atoms with Gasteiger partial charge in [-0.1, -0.05) is 27.7 Å². The Hall–Kier alpha value is -1.06. The minimum absolute atomic E-state index is 0.375. The van der Waals surface area contributed by atoms with Crippen LogP contribution in [0.25, 0.3) is 0 Å². The molecule has 2 aliphatic carbocycles. The maximum atomic E-state index is 10.8. The Morgan fingerprint density at radius 1 is 1.44 bits per heavy atom. The molecule has 0 aliphatic heterocycles. The molecule has 102 valence electrons. The second kappa shape index (κ2) is 4.25. The Morgan fingerprint density at radius 2 is 2.11 bits per heavy atom. The molecule has 0 aromatic rings. The van der Waals surface area contributed by atoms with Gasteiger partial charge in [0.25, 0.3) is 0 Å². The van der Waals surface area contributed by atoms with Crippen molar-refractivity contribution in [2.75, 3.05) is 0 Å². The first kappa shape index (κ1) is 13.4. The number of nitrogens with two attached hydrogens (primary N) is 1. The molecule has 3 N–H and O–H groups in total. The third kappa shape index (κ3) is 1.82. The number of primary amides is 1. The zero-order chi connectivity index (χ0) is 13.6. The summed E-state index contributed by atoms with van der Waals surface area (Å²) in [5.74, 6) is 1.20. The van der Waals surface area contributed by atoms with Crippen molar-refractivity contribution < 1.29 is 4.79 Å². The SMILES string of the molecule is CCC(=NNC(N)=O)C1CC2(C)CCC1C2(C)C. The van der Waals surface area contributed by atoms with Crippen molar-refractivity contribution in [3.63, 3.8) is 0 Å². The molecule has 4 heteroatoms. The quantitative estimate of drug-likeness (QED) is 0.588. The number of hydrazone groups is 1. The van der Waals surface area contributed by atoms with Crippen LogP contribution in [0.4, 0.5) is 4.79 Å². The van der Waals surface area contributed by atoms with Crippen LogP contribution in [0.3, 0.4) is 0 Å². The molecule has 3 unspecified atom stereocenters. The molecule has 0 heterocycles. The zero-order valence-electron chi connectivity index (χ0n) is 11.9. The first-order valence-electron chi connectivity index (χ1n) is 6.93. The van der Waals surface area contributed by atoms with E-state index in [0.29, 0.717) is 22.7 Å². The third-order valence-electron chi connectivity index (χ3n) is 5.75. The fraction of sp³-hybridized carbons (Fsp3) is 0.857. The van der Waals surface area contributed by atoms with Gasteiger partial charge in [-0.15, -0.1) is 0 Å². The highest BCUT2D eigenvalue weighted by Gasteiger charge is 2.61. The summed E-state index contributed by atoms with van der Waals surface area (Å²) in [5.41, 5.74) is 9.40. The van der Waals surface area contributed by atoms with Crippen LogP contribution in [0.5, 0.6) is 0 Å². The Morgan fingerprint density at radius 3 is 2.50 bits per heavy atom. The molecule has 0 aromatic carbocycles. The number of nitrogens with zero attached hydrogens (tertiary/aromatic N) is 1. The Labute approximate surface area is 109 Å². The molecule has 2 fully saturated rings. The van der Waals surface area contributed by atoms with Crippen molar-refractivity contribution in [3.05, 3.63) is 0 Å². The maximum absolute atomic E-state index is 10.8. The maximum Gasteiger partial charge on any atom is 0.332 e. The lowest BCUT2D eigenvalue weighted by Gasteiger charge is -2.34. The normalized spacial score (nSPS) is 37.9. The summed E-state index contributed by atoms with van der Waals surface area (Å²) in [6.45, 7) is 9.28. The van der Waals surface area contributed by atoms with Gasteiger partial charge in [-0.3, -0.25) is 0 Å². The van der Waals surface area contributed by atoms with Crippen molar-refractivity contribution in [3.8, 4) is 0 Å². The Kier molecular flexibility index (Phi) is 3.16. The molecule has 2 rings (SSSR count). The Bertz CT molecular complexity index is 386. The van der Waals surface area contributed by atoms with Crippen molar-refractivity contribution in [2.24, 2.45) is 33.5 Å². The van der Waals surface area contributed by atoms with Gasteiger partial charge < -0.3 is 5.73 Å². The predicted octanol–water partition coefficient (Wildman–Crippen LogP) is 2.88. The number of nitrogens with one attached hydrogen (secondary N) is 1. The van der Waals surface area contributed by atoms with Crippen LogP contribution in [-0.4, -0.2) is 11.7 Å². The molecule has 2 saturated carbocycles. The molecule has 2 amide bonds. The number of amides is 2. The molecule has 18 heavy (non-hydrogen) atoms. The lowest BCUT2D eigenvalue weighted by Crippen LogP contribution is -2.30. The summed E-state index contributed by atoms with van der Waals surface area (Å²) in [6.07, 6.45) is 4.68. The second-order valence-electron chi connectivity index (χ2n) is 6.67. The summed E-state index contributed by atoms with van der Waals surface area (Å²) in [6, 6.07) is -0.574. The largest absolute Gasteiger partial charge is 0.350 e. The highest BCUT2D eigenvalue weighted by Crippen LogP contribution is 2.67. The van der Waals surface area contributed by atoms with Gasteiger partial charge in [-0.05, 0) is 42.4 Å². The van der Waals surface area contributed by atoms with E-state index in [9.17, 15) is 4.79 Å². The fourth-order valence-electron chi connectivity index (χ4n) is 4.20. The molecule has 2 aliphatic rings. The van der Waals surface area contributed by atoms with Crippen molar-refractivity contribution >= 4 is 11.7 Å². The number of urea groups is 1. The third-order valence-corrected chi connectivity index (χ3v) is 5.75. The highest BCUT2D eigenvalue weighted by atomic mass is 16.2. The van der Waals surface area contributed by atoms with Crippen molar-refractivity contribution in [1.29, 1.82) is 0 Å². The number of carbonyl (C=O) groups excluding carboxylic acids is 1. The summed E-state index contributed by atoms with van der Waals surface area (Å²) in [4.78, 5) is 10.8. The number of hydrogen-bond acceptors (Lipinski definition) is 2. The molecular formula is C14H25N3O. The summed E-state index contributed by atoms with van der Waals surface area (Å²) in [5, 5.41) is 4.23. The van der Waals surface area contributed by atoms with Crippen LogP contribution in [0, 0.1) is 22.7 Å². The zero-order valence-corrected chi connectivity index (χ0v) is 11.9. The van der Waals surface area contributed by atoms with Crippen LogP contribution in [-0.2, 0) is 0 Å². The van der Waals surface area contributed by atoms with Crippen LogP contribution in [0.2, 0.25) is 0 Å². The van der Waals surface area contributed by atoms with Crippen LogP contribution in [0.1, 0.15) is 53.4 Å². The second-order valence-corrected chi connectivity index (χ2v) is 6.67. The van der Waals surface area contributed by atoms with Gasteiger partial charge in [0.2, 0.25) is 0 Å². The summed E-state index contributed by atoms with van der Waals surface area (Å²) in [7, 11) is 0. The number of fused-ring (bicyclic) bond motifs is 2. The van der Waals surface area contributed by atoms with E-state index in [1.165, 1.54) is 19.3 Å².